The van der Waals surface area contributed by atoms with Gasteiger partial charge in [-0.2, -0.15) is 0 Å². The molecule has 2 amide bonds. The number of hydrogen-bond donors (Lipinski definition) is 3. The van der Waals surface area contributed by atoms with Crippen LogP contribution in [0.4, 0.5) is 5.13 Å². The van der Waals surface area contributed by atoms with E-state index < -0.39 is 0 Å². The first kappa shape index (κ1) is 22.2. The van der Waals surface area contributed by atoms with Crippen LogP contribution >= 0.6 is 23.3 Å². The smallest absolute Gasteiger partial charge is 0.235 e. The summed E-state index contributed by atoms with van der Waals surface area (Å²) >= 11 is 2.77. The number of nitrogens with one attached hydrogen (secondary N) is 3. The van der Waals surface area contributed by atoms with Crippen molar-refractivity contribution in [2.45, 2.75) is 76.0 Å². The number of hydrogen-bond acceptors (Lipinski definition) is 6. The van der Waals surface area contributed by atoms with Gasteiger partial charge < -0.3 is 10.6 Å². The third-order valence-electron chi connectivity index (χ3n) is 4.87. The summed E-state index contributed by atoms with van der Waals surface area (Å²) in [5.41, 5.74) is 0. The van der Waals surface area contributed by atoms with Crippen LogP contribution in [0.1, 0.15) is 65.7 Å². The predicted molar refractivity (Wildman–Crippen MR) is 113 cm³/mol. The van der Waals surface area contributed by atoms with E-state index in [-0.39, 0.29) is 24.4 Å². The highest BCUT2D eigenvalue weighted by atomic mass is 32.2. The molecule has 0 bridgehead atoms. The molecule has 8 heteroatoms. The van der Waals surface area contributed by atoms with Crippen LogP contribution in [-0.4, -0.2) is 29.4 Å². The quantitative estimate of drug-likeness (QED) is 0.502. The van der Waals surface area contributed by atoms with Crippen molar-refractivity contribution >= 4 is 40.2 Å². The highest BCUT2D eigenvalue weighted by Gasteiger charge is 2.20. The lowest BCUT2D eigenvalue weighted by Gasteiger charge is -2.27. The van der Waals surface area contributed by atoms with Crippen molar-refractivity contribution in [3.05, 3.63) is 6.20 Å². The number of thiazole rings is 1. The normalized spacial score (nSPS) is 16.3. The van der Waals surface area contributed by atoms with Gasteiger partial charge in [0, 0.05) is 12.5 Å². The topological polar surface area (TPSA) is 83.1 Å². The first-order chi connectivity index (χ1) is 12.9. The maximum absolute atomic E-state index is 12.2. The third-order valence-corrected chi connectivity index (χ3v) is 6.67. The van der Waals surface area contributed by atoms with E-state index >= 15 is 0 Å². The summed E-state index contributed by atoms with van der Waals surface area (Å²) in [4.78, 5) is 28.0. The molecule has 1 atom stereocenters. The van der Waals surface area contributed by atoms with E-state index in [9.17, 15) is 9.59 Å². The van der Waals surface area contributed by atoms with E-state index in [1.807, 2.05) is 13.8 Å². The van der Waals surface area contributed by atoms with Crippen molar-refractivity contribution in [1.29, 1.82) is 0 Å². The van der Waals surface area contributed by atoms with Gasteiger partial charge in [0.2, 0.25) is 11.8 Å². The summed E-state index contributed by atoms with van der Waals surface area (Å²) in [7, 11) is 0. The second-order valence-corrected chi connectivity index (χ2v) is 9.81. The Labute approximate surface area is 170 Å². The van der Waals surface area contributed by atoms with Gasteiger partial charge >= 0.3 is 0 Å². The zero-order chi connectivity index (χ0) is 19.6. The molecule has 2 rings (SSSR count). The Balaban J connectivity index is 1.65. The molecule has 1 fully saturated rings. The van der Waals surface area contributed by atoms with Gasteiger partial charge in [-0.15, -0.1) is 0 Å². The second-order valence-electron chi connectivity index (χ2n) is 7.59. The number of carbonyl (C=O) groups excluding carboxylic acids is 2. The van der Waals surface area contributed by atoms with Crippen LogP contribution in [0, 0.1) is 11.8 Å². The lowest BCUT2D eigenvalue weighted by atomic mass is 9.79. The Morgan fingerprint density at radius 2 is 1.96 bits per heavy atom. The fraction of sp³-hybridized carbons (Fsp3) is 0.737. The molecule has 0 aromatic carbocycles. The van der Waals surface area contributed by atoms with Gasteiger partial charge in [-0.3, -0.25) is 9.59 Å². The zero-order valence-electron chi connectivity index (χ0n) is 16.5. The first-order valence-corrected chi connectivity index (χ1v) is 11.5. The van der Waals surface area contributed by atoms with Gasteiger partial charge in [0.25, 0.3) is 0 Å². The molecule has 1 aromatic heterocycles. The fourth-order valence-electron chi connectivity index (χ4n) is 3.39. The van der Waals surface area contributed by atoms with Crippen molar-refractivity contribution in [3.8, 4) is 0 Å². The van der Waals surface area contributed by atoms with Crippen LogP contribution in [-0.2, 0) is 9.59 Å². The third kappa shape index (κ3) is 8.62. The van der Waals surface area contributed by atoms with Crippen LogP contribution in [0.25, 0.3) is 0 Å². The number of aromatic nitrogens is 1. The van der Waals surface area contributed by atoms with Crippen molar-refractivity contribution in [2.24, 2.45) is 11.8 Å². The van der Waals surface area contributed by atoms with Crippen LogP contribution in [0.2, 0.25) is 0 Å². The largest absolute Gasteiger partial charge is 0.353 e. The van der Waals surface area contributed by atoms with E-state index in [1.54, 1.807) is 6.20 Å². The number of amides is 2. The van der Waals surface area contributed by atoms with Gasteiger partial charge in [0.1, 0.15) is 0 Å². The van der Waals surface area contributed by atoms with Crippen molar-refractivity contribution in [3.63, 3.8) is 0 Å². The molecule has 1 aliphatic rings. The summed E-state index contributed by atoms with van der Waals surface area (Å²) in [6.07, 6.45) is 9.88. The zero-order valence-corrected chi connectivity index (χ0v) is 18.2. The molecule has 152 valence electrons. The molecule has 0 aliphatic heterocycles. The highest BCUT2D eigenvalue weighted by molar-refractivity contribution is 7.99. The van der Waals surface area contributed by atoms with Gasteiger partial charge in [-0.05, 0) is 44.1 Å². The van der Waals surface area contributed by atoms with Gasteiger partial charge in [-0.25, -0.2) is 9.71 Å². The van der Waals surface area contributed by atoms with Crippen LogP contribution in [0.5, 0.6) is 0 Å². The van der Waals surface area contributed by atoms with Crippen LogP contribution < -0.4 is 15.4 Å². The molecular weight excluding hydrogens is 380 g/mol. The SMILES string of the molecule is CC(C)NC(=O)CNSc1cnc(NC(=O)CCC(C)C2CCCCC2)s1. The number of carbonyl (C=O) groups is 2. The Morgan fingerprint density at radius 3 is 2.67 bits per heavy atom. The Morgan fingerprint density at radius 1 is 1.22 bits per heavy atom. The van der Waals surface area contributed by atoms with Crippen molar-refractivity contribution in [1.82, 2.24) is 15.0 Å². The monoisotopic (exact) mass is 412 g/mol. The number of nitrogens with zero attached hydrogens (tertiary/aromatic N) is 1. The Bertz CT molecular complexity index is 600. The highest BCUT2D eigenvalue weighted by Crippen LogP contribution is 2.32. The van der Waals surface area contributed by atoms with Gasteiger partial charge in [-0.1, -0.05) is 50.4 Å². The minimum absolute atomic E-state index is 0.0350. The van der Waals surface area contributed by atoms with E-state index in [2.05, 4.69) is 27.3 Å². The van der Waals surface area contributed by atoms with Crippen molar-refractivity contribution < 1.29 is 9.59 Å². The summed E-state index contributed by atoms with van der Waals surface area (Å²) in [5.74, 6) is 1.39. The van der Waals surface area contributed by atoms with Crippen molar-refractivity contribution in [2.75, 3.05) is 11.9 Å². The Kier molecular flexibility index (Phi) is 9.58. The average Bonchev–Trinajstić information content (AvgIpc) is 3.07. The fourth-order valence-corrected chi connectivity index (χ4v) is 4.99. The molecule has 0 radical (unpaired) electrons. The second kappa shape index (κ2) is 11.7. The standard InChI is InChI=1S/C19H32N4O2S2/c1-13(2)22-17(25)11-21-27-18-12-20-19(26-18)23-16(24)10-9-14(3)15-7-5-4-6-8-15/h12-15,21H,4-11H2,1-3H3,(H,22,25)(H,20,23,24). The molecule has 1 saturated carbocycles. The number of anilines is 1. The molecule has 1 aromatic rings. The molecule has 27 heavy (non-hydrogen) atoms. The average molecular weight is 413 g/mol. The summed E-state index contributed by atoms with van der Waals surface area (Å²) in [5, 5.41) is 6.33. The molecule has 1 heterocycles. The van der Waals surface area contributed by atoms with Gasteiger partial charge in [0.05, 0.1) is 17.0 Å². The predicted octanol–water partition coefficient (Wildman–Crippen LogP) is 4.20. The minimum Gasteiger partial charge on any atom is -0.353 e. The van der Waals surface area contributed by atoms with E-state index in [0.29, 0.717) is 17.5 Å². The molecule has 0 spiro atoms. The molecule has 3 N–H and O–H groups in total. The summed E-state index contributed by atoms with van der Waals surface area (Å²) < 4.78 is 3.93. The lowest BCUT2D eigenvalue weighted by Crippen LogP contribution is -2.35. The molecule has 1 unspecified atom stereocenters. The first-order valence-electron chi connectivity index (χ1n) is 9.88. The van der Waals surface area contributed by atoms with E-state index in [4.69, 9.17) is 0 Å². The molecule has 1 aliphatic carbocycles. The summed E-state index contributed by atoms with van der Waals surface area (Å²) in [6, 6.07) is 0.135. The molecular formula is C19H32N4O2S2. The van der Waals surface area contributed by atoms with E-state index in [1.165, 1.54) is 55.4 Å². The minimum atomic E-state index is -0.0392. The maximum atomic E-state index is 12.2. The van der Waals surface area contributed by atoms with Crippen LogP contribution in [0.15, 0.2) is 10.4 Å². The Hall–Kier alpha value is -1.12. The maximum Gasteiger partial charge on any atom is 0.235 e. The molecule has 0 saturated heterocycles. The lowest BCUT2D eigenvalue weighted by molar-refractivity contribution is -0.120. The summed E-state index contributed by atoms with van der Waals surface area (Å²) in [6.45, 7) is 6.38. The van der Waals surface area contributed by atoms with E-state index in [0.717, 1.165) is 16.5 Å². The van der Waals surface area contributed by atoms with Crippen LogP contribution in [0.3, 0.4) is 0 Å². The number of rotatable bonds is 10. The van der Waals surface area contributed by atoms with Gasteiger partial charge in [0.15, 0.2) is 5.13 Å². The molecule has 6 nitrogen and oxygen atoms in total.